The van der Waals surface area contributed by atoms with Crippen LogP contribution in [0.3, 0.4) is 0 Å². The monoisotopic (exact) mass is 416 g/mol. The molecule has 3 heterocycles. The second-order valence-corrected chi connectivity index (χ2v) is 8.12. The Labute approximate surface area is 179 Å². The maximum absolute atomic E-state index is 13.1. The molecule has 0 bridgehead atoms. The normalized spacial score (nSPS) is 16.7. The molecule has 30 heavy (non-hydrogen) atoms. The number of aromatic nitrogens is 3. The fourth-order valence-corrected chi connectivity index (χ4v) is 4.33. The van der Waals surface area contributed by atoms with Crippen molar-refractivity contribution in [3.63, 3.8) is 0 Å². The van der Waals surface area contributed by atoms with Crippen molar-refractivity contribution in [2.24, 2.45) is 0 Å². The predicted molar refractivity (Wildman–Crippen MR) is 119 cm³/mol. The number of pyridine rings is 1. The lowest BCUT2D eigenvalue weighted by atomic mass is 9.93. The van der Waals surface area contributed by atoms with Gasteiger partial charge in [-0.1, -0.05) is 29.8 Å². The number of hydrogen-bond donors (Lipinski definition) is 1. The van der Waals surface area contributed by atoms with Crippen molar-refractivity contribution in [2.45, 2.75) is 18.8 Å². The summed E-state index contributed by atoms with van der Waals surface area (Å²) in [6.07, 6.45) is 3.63. The van der Waals surface area contributed by atoms with E-state index in [9.17, 15) is 4.79 Å². The first-order valence-corrected chi connectivity index (χ1v) is 10.5. The van der Waals surface area contributed by atoms with Crippen LogP contribution in [0, 0.1) is 0 Å². The molecule has 0 aliphatic carbocycles. The van der Waals surface area contributed by atoms with Crippen LogP contribution in [-0.4, -0.2) is 38.8 Å². The first-order chi connectivity index (χ1) is 14.7. The predicted octanol–water partition coefficient (Wildman–Crippen LogP) is 5.30. The number of rotatable bonds is 3. The van der Waals surface area contributed by atoms with Crippen LogP contribution < -0.4 is 0 Å². The molecule has 150 valence electrons. The molecule has 0 saturated carbocycles. The number of imidazole rings is 1. The van der Waals surface area contributed by atoms with Gasteiger partial charge in [0.05, 0.1) is 23.1 Å². The number of H-pyrrole nitrogens is 1. The van der Waals surface area contributed by atoms with E-state index in [1.165, 1.54) is 0 Å². The van der Waals surface area contributed by atoms with Crippen molar-refractivity contribution in [1.29, 1.82) is 0 Å². The molecule has 2 aromatic heterocycles. The lowest BCUT2D eigenvalue weighted by molar-refractivity contribution is 0.0706. The number of carbonyl (C=O) groups excluding carboxylic acids is 1. The minimum Gasteiger partial charge on any atom is -0.345 e. The van der Waals surface area contributed by atoms with E-state index in [2.05, 4.69) is 16.0 Å². The van der Waals surface area contributed by atoms with Crippen molar-refractivity contribution < 1.29 is 4.79 Å². The van der Waals surface area contributed by atoms with E-state index in [4.69, 9.17) is 16.6 Å². The van der Waals surface area contributed by atoms with Gasteiger partial charge in [-0.05, 0) is 55.3 Å². The highest BCUT2D eigenvalue weighted by Gasteiger charge is 2.26. The molecule has 1 saturated heterocycles. The average Bonchev–Trinajstić information content (AvgIpc) is 3.27. The summed E-state index contributed by atoms with van der Waals surface area (Å²) in [6, 6.07) is 19.4. The third kappa shape index (κ3) is 3.68. The molecule has 1 atom stereocenters. The van der Waals surface area contributed by atoms with Gasteiger partial charge < -0.3 is 9.88 Å². The van der Waals surface area contributed by atoms with Gasteiger partial charge in [0.1, 0.15) is 0 Å². The fourth-order valence-electron chi connectivity index (χ4n) is 4.14. The Hall–Kier alpha value is -3.18. The molecule has 1 N–H and O–H groups in total. The summed E-state index contributed by atoms with van der Waals surface area (Å²) in [7, 11) is 0. The van der Waals surface area contributed by atoms with Crippen LogP contribution in [0.4, 0.5) is 0 Å². The molecular weight excluding hydrogens is 396 g/mol. The first-order valence-electron chi connectivity index (χ1n) is 10.1. The molecule has 1 fully saturated rings. The number of nitrogens with one attached hydrogen (secondary N) is 1. The van der Waals surface area contributed by atoms with Gasteiger partial charge in [-0.15, -0.1) is 0 Å². The third-order valence-corrected chi connectivity index (χ3v) is 5.92. The van der Waals surface area contributed by atoms with E-state index >= 15 is 0 Å². The molecule has 1 aliphatic heterocycles. The van der Waals surface area contributed by atoms with E-state index in [1.54, 1.807) is 6.33 Å². The van der Waals surface area contributed by atoms with Crippen molar-refractivity contribution in [3.8, 4) is 11.3 Å². The second kappa shape index (κ2) is 7.92. The minimum atomic E-state index is 0.0576. The van der Waals surface area contributed by atoms with Gasteiger partial charge in [0.15, 0.2) is 0 Å². The summed E-state index contributed by atoms with van der Waals surface area (Å²) in [5.74, 6) is 0.278. The molecule has 0 unspecified atom stereocenters. The lowest BCUT2D eigenvalue weighted by Crippen LogP contribution is -2.39. The van der Waals surface area contributed by atoms with Crippen LogP contribution >= 0.6 is 11.6 Å². The highest BCUT2D eigenvalue weighted by molar-refractivity contribution is 6.30. The summed E-state index contributed by atoms with van der Waals surface area (Å²) < 4.78 is 0. The van der Waals surface area contributed by atoms with Gasteiger partial charge in [-0.3, -0.25) is 9.78 Å². The van der Waals surface area contributed by atoms with Crippen LogP contribution in [-0.2, 0) is 0 Å². The molecule has 1 amide bonds. The van der Waals surface area contributed by atoms with Gasteiger partial charge >= 0.3 is 0 Å². The van der Waals surface area contributed by atoms with Crippen LogP contribution in [0.15, 0.2) is 67.0 Å². The van der Waals surface area contributed by atoms with Crippen LogP contribution in [0.2, 0.25) is 5.02 Å². The zero-order valence-electron chi connectivity index (χ0n) is 16.4. The maximum Gasteiger partial charge on any atom is 0.253 e. The number of amides is 1. The zero-order valence-corrected chi connectivity index (χ0v) is 17.1. The van der Waals surface area contributed by atoms with E-state index in [-0.39, 0.29) is 11.8 Å². The van der Waals surface area contributed by atoms with Crippen LogP contribution in [0.5, 0.6) is 0 Å². The Bertz CT molecular complexity index is 1220. The number of nitrogens with zero attached hydrogens (tertiary/aromatic N) is 3. The Morgan fingerprint density at radius 2 is 2.00 bits per heavy atom. The first kappa shape index (κ1) is 18.8. The number of fused-ring (bicyclic) bond motifs is 1. The number of piperidine rings is 1. The van der Waals surface area contributed by atoms with Crippen molar-refractivity contribution in [3.05, 3.63) is 83.3 Å². The van der Waals surface area contributed by atoms with Gasteiger partial charge in [0.2, 0.25) is 0 Å². The quantitative estimate of drug-likeness (QED) is 0.493. The van der Waals surface area contributed by atoms with Crippen molar-refractivity contribution in [1.82, 2.24) is 19.9 Å². The van der Waals surface area contributed by atoms with Crippen molar-refractivity contribution >= 4 is 28.5 Å². The van der Waals surface area contributed by atoms with Crippen molar-refractivity contribution in [2.75, 3.05) is 13.1 Å². The van der Waals surface area contributed by atoms with E-state index in [1.807, 2.05) is 59.5 Å². The van der Waals surface area contributed by atoms with Crippen LogP contribution in [0.25, 0.3) is 22.3 Å². The third-order valence-electron chi connectivity index (χ3n) is 5.69. The van der Waals surface area contributed by atoms with Crippen LogP contribution in [0.1, 0.15) is 34.8 Å². The summed E-state index contributed by atoms with van der Waals surface area (Å²) in [5, 5.41) is 0.698. The second-order valence-electron chi connectivity index (χ2n) is 7.68. The van der Waals surface area contributed by atoms with Gasteiger partial charge in [0.25, 0.3) is 5.91 Å². The number of benzene rings is 2. The molecule has 0 radical (unpaired) electrons. The summed E-state index contributed by atoms with van der Waals surface area (Å²) in [5.41, 5.74) is 5.36. The Morgan fingerprint density at radius 3 is 2.90 bits per heavy atom. The van der Waals surface area contributed by atoms with Gasteiger partial charge in [-0.2, -0.15) is 0 Å². The molecule has 1 aliphatic rings. The SMILES string of the molecule is O=C(c1ccc2nc[nH]c2c1)N1CCC[C@H](c2cccc(-c3cccc(Cl)c3)n2)C1. The Kier molecular flexibility index (Phi) is 4.97. The summed E-state index contributed by atoms with van der Waals surface area (Å²) >= 11 is 6.15. The molecule has 6 heteroatoms. The number of aromatic amines is 1. The molecule has 5 rings (SSSR count). The van der Waals surface area contributed by atoms with E-state index in [0.717, 1.165) is 47.4 Å². The van der Waals surface area contributed by atoms with Gasteiger partial charge in [0, 0.05) is 40.9 Å². The highest BCUT2D eigenvalue weighted by Crippen LogP contribution is 2.29. The van der Waals surface area contributed by atoms with Gasteiger partial charge in [-0.25, -0.2) is 4.98 Å². The summed E-state index contributed by atoms with van der Waals surface area (Å²) in [6.45, 7) is 1.44. The zero-order chi connectivity index (χ0) is 20.5. The number of hydrogen-bond acceptors (Lipinski definition) is 3. The Morgan fingerprint density at radius 1 is 1.10 bits per heavy atom. The average molecular weight is 417 g/mol. The fraction of sp³-hybridized carbons (Fsp3) is 0.208. The molecule has 4 aromatic rings. The number of carbonyl (C=O) groups is 1. The molecule has 2 aromatic carbocycles. The molecule has 5 nitrogen and oxygen atoms in total. The summed E-state index contributed by atoms with van der Waals surface area (Å²) in [4.78, 5) is 27.3. The molecule has 0 spiro atoms. The molecular formula is C24H21ClN4O. The van der Waals surface area contributed by atoms with E-state index in [0.29, 0.717) is 17.1 Å². The largest absolute Gasteiger partial charge is 0.345 e. The van der Waals surface area contributed by atoms with E-state index < -0.39 is 0 Å². The Balaban J connectivity index is 1.37. The number of halogens is 1. The topological polar surface area (TPSA) is 61.9 Å². The maximum atomic E-state index is 13.1. The highest BCUT2D eigenvalue weighted by atomic mass is 35.5. The lowest BCUT2D eigenvalue weighted by Gasteiger charge is -2.32. The number of likely N-dealkylation sites (tertiary alicyclic amines) is 1. The smallest absolute Gasteiger partial charge is 0.253 e. The minimum absolute atomic E-state index is 0.0576. The standard InChI is InChI=1S/C24H21ClN4O/c25-19-6-1-4-16(12-19)20-7-2-8-21(28-20)18-5-3-11-29(14-18)24(30)17-9-10-22-23(13-17)27-15-26-22/h1-2,4,6-10,12-13,15,18H,3,5,11,14H2,(H,26,27)/t18-/m0/s1.